The number of likely N-dealkylation sites (tertiary alicyclic amines) is 1. The Morgan fingerprint density at radius 3 is 2.50 bits per heavy atom. The second-order valence-corrected chi connectivity index (χ2v) is 6.67. The summed E-state index contributed by atoms with van der Waals surface area (Å²) in [5.41, 5.74) is 1.40. The van der Waals surface area contributed by atoms with Gasteiger partial charge in [-0.25, -0.2) is 0 Å². The molecular weight excluding hydrogens is 276 g/mol. The number of carbonyl (C=O) groups excluding carboxylic acids is 2. The number of nitrogens with one attached hydrogen (secondary N) is 1. The van der Waals surface area contributed by atoms with Crippen molar-refractivity contribution >= 4 is 17.5 Å². The third kappa shape index (κ3) is 3.32. The van der Waals surface area contributed by atoms with Gasteiger partial charge in [0.15, 0.2) is 0 Å². The Bertz CT molecular complexity index is 558. The van der Waals surface area contributed by atoms with Crippen LogP contribution in [0.2, 0.25) is 0 Å². The van der Waals surface area contributed by atoms with Crippen LogP contribution in [0, 0.1) is 11.8 Å². The molecule has 0 bridgehead atoms. The molecule has 3 rings (SSSR count). The van der Waals surface area contributed by atoms with E-state index in [2.05, 4.69) is 12.2 Å². The van der Waals surface area contributed by atoms with Crippen LogP contribution in [0.3, 0.4) is 0 Å². The summed E-state index contributed by atoms with van der Waals surface area (Å²) in [6, 6.07) is 7.33. The Balaban J connectivity index is 1.65. The van der Waals surface area contributed by atoms with E-state index in [4.69, 9.17) is 0 Å². The molecule has 118 valence electrons. The molecule has 2 amide bonds. The van der Waals surface area contributed by atoms with E-state index in [1.807, 2.05) is 23.1 Å². The van der Waals surface area contributed by atoms with Gasteiger partial charge in [0.05, 0.1) is 0 Å². The van der Waals surface area contributed by atoms with Crippen LogP contribution in [0.15, 0.2) is 24.3 Å². The Labute approximate surface area is 131 Å². The number of anilines is 1. The van der Waals surface area contributed by atoms with Gasteiger partial charge >= 0.3 is 0 Å². The highest BCUT2D eigenvalue weighted by Gasteiger charge is 2.25. The predicted octanol–water partition coefficient (Wildman–Crippen LogP) is 3.30. The highest BCUT2D eigenvalue weighted by molar-refractivity contribution is 5.97. The number of benzene rings is 1. The van der Waals surface area contributed by atoms with E-state index >= 15 is 0 Å². The Kier molecular flexibility index (Phi) is 4.46. The zero-order valence-electron chi connectivity index (χ0n) is 13.2. The molecule has 2 fully saturated rings. The van der Waals surface area contributed by atoms with Crippen LogP contribution in [0.5, 0.6) is 0 Å². The third-order valence-electron chi connectivity index (χ3n) is 4.92. The molecule has 0 atom stereocenters. The Hall–Kier alpha value is -1.84. The van der Waals surface area contributed by atoms with E-state index in [0.717, 1.165) is 50.9 Å². The molecule has 22 heavy (non-hydrogen) atoms. The molecule has 1 saturated heterocycles. The first-order valence-electron chi connectivity index (χ1n) is 8.33. The second kappa shape index (κ2) is 6.51. The zero-order valence-corrected chi connectivity index (χ0v) is 13.2. The van der Waals surface area contributed by atoms with E-state index in [0.29, 0.717) is 11.5 Å². The first-order valence-corrected chi connectivity index (χ1v) is 8.33. The van der Waals surface area contributed by atoms with Crippen molar-refractivity contribution in [3.05, 3.63) is 29.8 Å². The van der Waals surface area contributed by atoms with Crippen LogP contribution in [-0.4, -0.2) is 29.8 Å². The van der Waals surface area contributed by atoms with E-state index in [-0.39, 0.29) is 17.7 Å². The van der Waals surface area contributed by atoms with Crippen LogP contribution in [0.4, 0.5) is 5.69 Å². The van der Waals surface area contributed by atoms with Crippen LogP contribution >= 0.6 is 0 Å². The molecule has 1 saturated carbocycles. The summed E-state index contributed by atoms with van der Waals surface area (Å²) in [4.78, 5) is 26.5. The fourth-order valence-electron chi connectivity index (χ4n) is 3.04. The van der Waals surface area contributed by atoms with E-state index in [1.165, 1.54) is 0 Å². The minimum atomic E-state index is 0.0756. The highest BCUT2D eigenvalue weighted by Crippen LogP contribution is 2.28. The van der Waals surface area contributed by atoms with Crippen LogP contribution < -0.4 is 5.32 Å². The molecule has 2 aliphatic rings. The normalized spacial score (nSPS) is 19.6. The van der Waals surface area contributed by atoms with E-state index in [1.54, 1.807) is 6.07 Å². The fraction of sp³-hybridized carbons (Fsp3) is 0.556. The molecular formula is C18H24N2O2. The molecule has 4 nitrogen and oxygen atoms in total. The van der Waals surface area contributed by atoms with E-state index < -0.39 is 0 Å². The van der Waals surface area contributed by atoms with Crippen molar-refractivity contribution < 1.29 is 9.59 Å². The molecule has 0 radical (unpaired) electrons. The van der Waals surface area contributed by atoms with Crippen molar-refractivity contribution in [3.8, 4) is 0 Å². The van der Waals surface area contributed by atoms with Crippen molar-refractivity contribution in [3.63, 3.8) is 0 Å². The lowest BCUT2D eigenvalue weighted by Gasteiger charge is -2.30. The predicted molar refractivity (Wildman–Crippen MR) is 86.7 cm³/mol. The topological polar surface area (TPSA) is 49.4 Å². The average Bonchev–Trinajstić information content (AvgIpc) is 2.45. The molecule has 0 spiro atoms. The first-order chi connectivity index (χ1) is 10.6. The number of hydrogen-bond donors (Lipinski definition) is 1. The van der Waals surface area contributed by atoms with Crippen molar-refractivity contribution in [2.24, 2.45) is 11.8 Å². The molecule has 1 aromatic carbocycles. The summed E-state index contributed by atoms with van der Waals surface area (Å²) in [7, 11) is 0. The second-order valence-electron chi connectivity index (χ2n) is 6.67. The number of carbonyl (C=O) groups is 2. The van der Waals surface area contributed by atoms with Gasteiger partial charge in [-0.15, -0.1) is 0 Å². The highest BCUT2D eigenvalue weighted by atomic mass is 16.2. The average molecular weight is 300 g/mol. The lowest BCUT2D eigenvalue weighted by molar-refractivity contribution is -0.122. The minimum absolute atomic E-state index is 0.0756. The first kappa shape index (κ1) is 15.1. The monoisotopic (exact) mass is 300 g/mol. The largest absolute Gasteiger partial charge is 0.339 e. The Morgan fingerprint density at radius 1 is 1.14 bits per heavy atom. The number of rotatable bonds is 3. The quantitative estimate of drug-likeness (QED) is 0.931. The summed E-state index contributed by atoms with van der Waals surface area (Å²) in [5, 5.41) is 2.94. The van der Waals surface area contributed by atoms with Crippen molar-refractivity contribution in [2.75, 3.05) is 18.4 Å². The number of nitrogens with zero attached hydrogens (tertiary/aromatic N) is 1. The summed E-state index contributed by atoms with van der Waals surface area (Å²) in [6.07, 6.45) is 5.25. The van der Waals surface area contributed by atoms with Gasteiger partial charge in [0.25, 0.3) is 5.91 Å². The maximum absolute atomic E-state index is 12.6. The van der Waals surface area contributed by atoms with Gasteiger partial charge < -0.3 is 10.2 Å². The van der Waals surface area contributed by atoms with Gasteiger partial charge in [0.2, 0.25) is 5.91 Å². The molecule has 1 heterocycles. The van der Waals surface area contributed by atoms with Crippen LogP contribution in [-0.2, 0) is 4.79 Å². The lowest BCUT2D eigenvalue weighted by Crippen LogP contribution is -2.37. The van der Waals surface area contributed by atoms with Crippen molar-refractivity contribution in [1.29, 1.82) is 0 Å². The summed E-state index contributed by atoms with van der Waals surface area (Å²) < 4.78 is 0. The number of hydrogen-bond acceptors (Lipinski definition) is 2. The summed E-state index contributed by atoms with van der Waals surface area (Å²) >= 11 is 0. The van der Waals surface area contributed by atoms with Crippen molar-refractivity contribution in [2.45, 2.75) is 39.0 Å². The van der Waals surface area contributed by atoms with E-state index in [9.17, 15) is 9.59 Å². The van der Waals surface area contributed by atoms with Crippen LogP contribution in [0.25, 0.3) is 0 Å². The van der Waals surface area contributed by atoms with Gasteiger partial charge in [0.1, 0.15) is 0 Å². The van der Waals surface area contributed by atoms with Gasteiger partial charge in [-0.2, -0.15) is 0 Å². The standard InChI is InChI=1S/C18H24N2O2/c1-13-8-10-20(11-9-13)18(22)15-6-3-7-16(12-15)19-17(21)14-4-2-5-14/h3,6-7,12-14H,2,4-5,8-11H2,1H3,(H,19,21). The van der Waals surface area contributed by atoms with Gasteiger partial charge in [-0.1, -0.05) is 19.4 Å². The van der Waals surface area contributed by atoms with Crippen molar-refractivity contribution in [1.82, 2.24) is 4.90 Å². The minimum Gasteiger partial charge on any atom is -0.339 e. The van der Waals surface area contributed by atoms with Gasteiger partial charge in [-0.3, -0.25) is 9.59 Å². The smallest absolute Gasteiger partial charge is 0.253 e. The lowest BCUT2D eigenvalue weighted by atomic mass is 9.85. The zero-order chi connectivity index (χ0) is 15.5. The molecule has 1 aliphatic carbocycles. The molecule has 1 N–H and O–H groups in total. The molecule has 4 heteroatoms. The molecule has 0 unspecified atom stereocenters. The summed E-state index contributed by atoms with van der Waals surface area (Å²) in [5.74, 6) is 1.02. The fourth-order valence-corrected chi connectivity index (χ4v) is 3.04. The third-order valence-corrected chi connectivity index (χ3v) is 4.92. The SMILES string of the molecule is CC1CCN(C(=O)c2cccc(NC(=O)C3CCC3)c2)CC1. The number of piperidine rings is 1. The van der Waals surface area contributed by atoms with Gasteiger partial charge in [0, 0.05) is 30.3 Å². The molecule has 0 aromatic heterocycles. The summed E-state index contributed by atoms with van der Waals surface area (Å²) in [6.45, 7) is 3.90. The van der Waals surface area contributed by atoms with Crippen LogP contribution in [0.1, 0.15) is 49.4 Å². The van der Waals surface area contributed by atoms with Gasteiger partial charge in [-0.05, 0) is 49.8 Å². The maximum Gasteiger partial charge on any atom is 0.253 e. The maximum atomic E-state index is 12.6. The number of amides is 2. The molecule has 1 aromatic rings. The Morgan fingerprint density at radius 2 is 1.86 bits per heavy atom. The molecule has 1 aliphatic heterocycles.